The fourth-order valence-electron chi connectivity index (χ4n) is 23.0. The minimum atomic E-state index is -0.430. The molecular weight excluding hydrogens is 1660 g/mol. The number of imide groups is 2. The Morgan fingerprint density at radius 3 is 1.04 bits per heavy atom. The maximum atomic E-state index is 16.1. The van der Waals surface area contributed by atoms with Crippen LogP contribution in [0.4, 0.5) is 11.4 Å². The number of allylic oxidation sites excluding steroid dienone is 1. The highest BCUT2D eigenvalue weighted by Crippen LogP contribution is 2.65. The molecule has 0 bridgehead atoms. The fraction of sp³-hybridized carbons (Fsp3) is 0.167. The molecule has 0 saturated carbocycles. The normalized spacial score (nSPS) is 14.8. The molecule has 0 spiro atoms. The number of rotatable bonds is 18. The quantitative estimate of drug-likeness (QED) is 0.0457. The van der Waals surface area contributed by atoms with Gasteiger partial charge in [0.05, 0.1) is 62.1 Å². The zero-order chi connectivity index (χ0) is 91.1. The van der Waals surface area contributed by atoms with Crippen molar-refractivity contribution < 1.29 is 57.1 Å². The van der Waals surface area contributed by atoms with Crippen LogP contribution in [-0.2, 0) is 12.8 Å². The second kappa shape index (κ2) is 29.9. The van der Waals surface area contributed by atoms with Crippen LogP contribution >= 0.6 is 0 Å². The molecule has 2 heterocycles. The first-order valence-corrected chi connectivity index (χ1v) is 46.2. The Labute approximate surface area is 774 Å². The molecule has 134 heavy (non-hydrogen) atoms. The minimum absolute atomic E-state index is 0.0117. The number of amides is 4. The summed E-state index contributed by atoms with van der Waals surface area (Å²) in [4.78, 5) is 67.2. The van der Waals surface area contributed by atoms with Gasteiger partial charge < -0.3 is 37.9 Å². The summed E-state index contributed by atoms with van der Waals surface area (Å²) in [6.45, 7) is 16.8. The van der Waals surface area contributed by atoms with Crippen molar-refractivity contribution in [2.24, 2.45) is 0 Å². The van der Waals surface area contributed by atoms with E-state index in [0.29, 0.717) is 125 Å². The fourth-order valence-corrected chi connectivity index (χ4v) is 23.0. The van der Waals surface area contributed by atoms with E-state index in [-0.39, 0.29) is 29.6 Å². The summed E-state index contributed by atoms with van der Waals surface area (Å²) in [6.07, 6.45) is 9.26. The lowest BCUT2D eigenvalue weighted by Gasteiger charge is -2.38. The molecule has 0 saturated heterocycles. The summed E-state index contributed by atoms with van der Waals surface area (Å²) in [5.41, 5.74) is 25.2. The molecule has 652 valence electrons. The van der Waals surface area contributed by atoms with Crippen molar-refractivity contribution in [1.82, 2.24) is 0 Å². The monoisotopic (exact) mass is 1750 g/mol. The molecule has 1 atom stereocenters. The average Bonchev–Trinajstić information content (AvgIpc) is 1.27. The summed E-state index contributed by atoms with van der Waals surface area (Å²) in [5.74, 6) is 4.79. The van der Waals surface area contributed by atoms with Crippen molar-refractivity contribution in [3.63, 3.8) is 0 Å². The van der Waals surface area contributed by atoms with Crippen molar-refractivity contribution in [3.8, 4) is 114 Å². The van der Waals surface area contributed by atoms with Crippen molar-refractivity contribution in [1.29, 1.82) is 0 Å². The molecule has 14 nitrogen and oxygen atoms in total. The number of aryl methyl sites for hydroxylation is 2. The third-order valence-electron chi connectivity index (χ3n) is 29.2. The van der Waals surface area contributed by atoms with Crippen LogP contribution in [0.15, 0.2) is 249 Å². The third-order valence-corrected chi connectivity index (χ3v) is 29.2. The lowest BCUT2D eigenvalue weighted by atomic mass is 9.68. The number of carbonyl (C=O) groups is 4. The number of para-hydroxylation sites is 2. The number of anilines is 2. The molecule has 5 aliphatic carbocycles. The van der Waals surface area contributed by atoms with Crippen LogP contribution < -0.4 is 47.7 Å². The Hall–Kier alpha value is -15.8. The number of hydrogen-bond acceptors (Lipinski definition) is 12. The lowest BCUT2D eigenvalue weighted by molar-refractivity contribution is 0.0877. The predicted octanol–water partition coefficient (Wildman–Crippen LogP) is 30.3. The molecule has 0 N–H and O–H groups in total. The first kappa shape index (κ1) is 80.3. The van der Waals surface area contributed by atoms with E-state index in [2.05, 4.69) is 159 Å². The zero-order valence-electron chi connectivity index (χ0n) is 76.1. The predicted molar refractivity (Wildman–Crippen MR) is 536 cm³/mol. The maximum absolute atomic E-state index is 16.1. The van der Waals surface area contributed by atoms with E-state index in [1.54, 1.807) is 28.4 Å². The number of methoxy groups -OCH3 is 4. The van der Waals surface area contributed by atoms with Crippen molar-refractivity contribution >= 4 is 128 Å². The summed E-state index contributed by atoms with van der Waals surface area (Å²) < 4.78 is 51.5. The molecule has 0 fully saturated rings. The van der Waals surface area contributed by atoms with Gasteiger partial charge in [-0.15, -0.1) is 0 Å². The van der Waals surface area contributed by atoms with Gasteiger partial charge in [0.1, 0.15) is 69.0 Å². The summed E-state index contributed by atoms with van der Waals surface area (Å²) in [5, 5.41) is 12.6. The molecule has 14 heteroatoms. The van der Waals surface area contributed by atoms with Gasteiger partial charge in [0.15, 0.2) is 0 Å². The Morgan fingerprint density at radius 2 is 0.627 bits per heavy atom. The van der Waals surface area contributed by atoms with Crippen LogP contribution in [-0.4, -0.2) is 52.1 Å². The van der Waals surface area contributed by atoms with Crippen LogP contribution in [0.25, 0.3) is 138 Å². The van der Waals surface area contributed by atoms with Gasteiger partial charge >= 0.3 is 0 Å². The van der Waals surface area contributed by atoms with Gasteiger partial charge in [0, 0.05) is 49.4 Å². The summed E-state index contributed by atoms with van der Waals surface area (Å²) in [6, 6.07) is 82.3. The third kappa shape index (κ3) is 11.8. The number of carbonyl (C=O) groups excluding carboxylic acids is 4. The Bertz CT molecular complexity index is 8200. The smallest absolute Gasteiger partial charge is 0.266 e. The molecule has 18 aromatic carbocycles. The van der Waals surface area contributed by atoms with Crippen LogP contribution in [0.2, 0.25) is 0 Å². The first-order chi connectivity index (χ1) is 65.2. The van der Waals surface area contributed by atoms with Gasteiger partial charge in [-0.1, -0.05) is 159 Å². The van der Waals surface area contributed by atoms with Gasteiger partial charge in [-0.3, -0.25) is 19.2 Å². The van der Waals surface area contributed by atoms with Crippen LogP contribution in [0.5, 0.6) is 69.0 Å². The second-order valence-corrected chi connectivity index (χ2v) is 37.8. The van der Waals surface area contributed by atoms with E-state index in [9.17, 15) is 0 Å². The summed E-state index contributed by atoms with van der Waals surface area (Å²) in [7, 11) is 6.56. The van der Waals surface area contributed by atoms with E-state index in [1.807, 2.05) is 158 Å². The minimum Gasteiger partial charge on any atom is -0.497 e. The van der Waals surface area contributed by atoms with Gasteiger partial charge in [0.25, 0.3) is 23.6 Å². The second-order valence-electron chi connectivity index (χ2n) is 37.8. The molecule has 2 aliphatic heterocycles. The Balaban J connectivity index is 0.605. The largest absolute Gasteiger partial charge is 0.497 e. The van der Waals surface area contributed by atoms with Gasteiger partial charge in [0.2, 0.25) is 0 Å². The molecule has 7 aliphatic rings. The molecule has 0 aromatic heterocycles. The molecule has 25 rings (SSSR count). The van der Waals surface area contributed by atoms with Gasteiger partial charge in [-0.2, -0.15) is 0 Å². The highest BCUT2D eigenvalue weighted by Gasteiger charge is 2.48. The highest BCUT2D eigenvalue weighted by molar-refractivity contribution is 6.46. The van der Waals surface area contributed by atoms with E-state index in [1.165, 1.54) is 48.8 Å². The molecule has 0 radical (unpaired) electrons. The van der Waals surface area contributed by atoms with E-state index < -0.39 is 23.6 Å². The SMILES string of the molecule is COc1ccc(Oc2cc3c4c(cc(Oc5ccc(OC)cc5)c5c4c2-c2ccc4c6c2C5CC=C6c2cc5cc6c(cc5cc2-4)CCc2cc4cc5c(cc4cc2/C=C\6)-c2ccc4c6c(Oc7ccc(OC)cc7)cc7c8c(cc(Oc9ccc(OC)cc9)c(c9ccc-5c2c49)c86)C(=O)N(c2c(C(C)C)cccc2C(C)C)C7=O)C(=O)N(c2c(C(C)C)cccc2C(C)C)C3=O)cc1. The molecule has 1 unspecified atom stereocenters. The number of fused-ring (bicyclic) bond motifs is 14. The molecule has 4 amide bonds. The number of benzene rings is 18. The number of hydrogen-bond donors (Lipinski definition) is 0. The molecular formula is C120H90N2O12. The lowest BCUT2D eigenvalue weighted by Crippen LogP contribution is -2.42. The van der Waals surface area contributed by atoms with E-state index in [0.717, 1.165) is 150 Å². The van der Waals surface area contributed by atoms with Crippen LogP contribution in [0.3, 0.4) is 0 Å². The Morgan fingerprint density at radius 1 is 0.284 bits per heavy atom. The van der Waals surface area contributed by atoms with E-state index >= 15 is 19.2 Å². The van der Waals surface area contributed by atoms with Crippen LogP contribution in [0.1, 0.15) is 200 Å². The first-order valence-electron chi connectivity index (χ1n) is 46.2. The topological polar surface area (TPSA) is 149 Å². The zero-order valence-corrected chi connectivity index (χ0v) is 76.1. The summed E-state index contributed by atoms with van der Waals surface area (Å²) >= 11 is 0. The van der Waals surface area contributed by atoms with Crippen molar-refractivity contribution in [2.45, 2.75) is 104 Å². The maximum Gasteiger partial charge on any atom is 0.266 e. The number of ether oxygens (including phenoxy) is 8. The molecule has 18 aromatic rings. The van der Waals surface area contributed by atoms with Gasteiger partial charge in [-0.25, -0.2) is 9.80 Å². The van der Waals surface area contributed by atoms with Crippen molar-refractivity contribution in [2.75, 3.05) is 38.2 Å². The number of nitrogens with zero attached hydrogens (tertiary/aromatic N) is 2. The van der Waals surface area contributed by atoms with E-state index in [4.69, 9.17) is 37.9 Å². The average molecular weight is 1750 g/mol. The highest BCUT2D eigenvalue weighted by atomic mass is 16.5. The Kier molecular flexibility index (Phi) is 17.9. The standard InChI is InChI=1S/C120H90N2O12/c1-59(2)79-15-13-16-80(60(3)4)115(79)121-117(123)95-55-99(131-75-31-23-71(127-9)24-32-75)109-87-43-39-83-91-51-67-47-63-19-21-65-49-69-53-93-85-41-45-89-106-90(112-102(134-78-37-29-74(130-12)30-38-78)58-98-108-97(57-101(111(89)114(108)112)133-77-35-27-73(129-11)28-36-77)119(125)122(120(98)126)116-81(61(5)6)17-14-18-82(116)62(7)8)46-42-86(104(85)106)94(93)54-70(69)50-66(65)22-20-64(63)48-68(67)52-92(91)84-40-44-88(105(87)103(83)84)110-100(56-96(118(121)124)107(95)113(109)110)132-76-33-25-72(128-10)26-34-76/h13-19,21,23-44,46-62,89H,20,22,45H2,1-12H3/b21-19-. The van der Waals surface area contributed by atoms with Crippen LogP contribution in [0, 0.1) is 0 Å². The van der Waals surface area contributed by atoms with Crippen molar-refractivity contribution in [3.05, 3.63) is 338 Å². The van der Waals surface area contributed by atoms with Gasteiger partial charge in [-0.05, 0) is 349 Å².